The second kappa shape index (κ2) is 8.82. The Morgan fingerprint density at radius 1 is 0.828 bits per heavy atom. The average Bonchev–Trinajstić information content (AvgIpc) is 3.03. The lowest BCUT2D eigenvalue weighted by molar-refractivity contribution is 0.0928. The minimum atomic E-state index is -0.368. The first-order chi connectivity index (χ1) is 14.2. The van der Waals surface area contributed by atoms with Gasteiger partial charge in [0.1, 0.15) is 11.4 Å². The van der Waals surface area contributed by atoms with Gasteiger partial charge in [0.15, 0.2) is 0 Å². The quantitative estimate of drug-likeness (QED) is 0.652. The minimum absolute atomic E-state index is 0.186. The molecule has 1 fully saturated rings. The number of aromatic nitrogens is 2. The highest BCUT2D eigenvalue weighted by atomic mass is 16.2. The van der Waals surface area contributed by atoms with E-state index in [0.29, 0.717) is 11.2 Å². The standard InChI is InChI=1S/C23H24N4O2/c28-22(25-17-10-3-1-2-4-11-17)19-13-6-14-20(26-19)23(29)27-18-12-5-8-16-9-7-15-24-21(16)18/h5-9,12-15,17H,1-4,10-11H2,(H,25,28)(H,27,29). The number of rotatable bonds is 4. The van der Waals surface area contributed by atoms with Crippen molar-refractivity contribution in [3.05, 3.63) is 66.1 Å². The lowest BCUT2D eigenvalue weighted by atomic mass is 10.1. The zero-order valence-corrected chi connectivity index (χ0v) is 16.2. The number of hydrogen-bond donors (Lipinski definition) is 2. The highest BCUT2D eigenvalue weighted by molar-refractivity contribution is 6.07. The molecule has 1 aliphatic carbocycles. The van der Waals surface area contributed by atoms with E-state index in [4.69, 9.17) is 0 Å². The van der Waals surface area contributed by atoms with Gasteiger partial charge >= 0.3 is 0 Å². The van der Waals surface area contributed by atoms with Gasteiger partial charge in [-0.2, -0.15) is 0 Å². The molecule has 1 aromatic carbocycles. The molecule has 0 saturated heterocycles. The van der Waals surface area contributed by atoms with E-state index in [0.717, 1.165) is 31.1 Å². The van der Waals surface area contributed by atoms with E-state index in [1.165, 1.54) is 12.8 Å². The Bertz CT molecular complexity index is 1020. The molecule has 0 unspecified atom stereocenters. The van der Waals surface area contributed by atoms with Crippen molar-refractivity contribution in [3.63, 3.8) is 0 Å². The van der Waals surface area contributed by atoms with Gasteiger partial charge in [-0.05, 0) is 37.1 Å². The summed E-state index contributed by atoms with van der Waals surface area (Å²) in [7, 11) is 0. The van der Waals surface area contributed by atoms with Crippen LogP contribution in [-0.4, -0.2) is 27.8 Å². The van der Waals surface area contributed by atoms with Crippen molar-refractivity contribution in [2.75, 3.05) is 5.32 Å². The predicted octanol–water partition coefficient (Wildman–Crippen LogP) is 4.33. The molecule has 2 heterocycles. The van der Waals surface area contributed by atoms with E-state index >= 15 is 0 Å². The Morgan fingerprint density at radius 2 is 1.52 bits per heavy atom. The maximum absolute atomic E-state index is 12.7. The van der Waals surface area contributed by atoms with Crippen LogP contribution >= 0.6 is 0 Å². The molecule has 29 heavy (non-hydrogen) atoms. The molecule has 2 aromatic heterocycles. The third-order valence-corrected chi connectivity index (χ3v) is 5.29. The largest absolute Gasteiger partial charge is 0.348 e. The van der Waals surface area contributed by atoms with Crippen LogP contribution in [0, 0.1) is 0 Å². The first kappa shape index (κ1) is 19.1. The second-order valence-corrected chi connectivity index (χ2v) is 7.40. The Hall–Kier alpha value is -3.28. The van der Waals surface area contributed by atoms with Crippen LogP contribution in [0.1, 0.15) is 59.5 Å². The van der Waals surface area contributed by atoms with Gasteiger partial charge in [0.25, 0.3) is 11.8 Å². The molecule has 1 aliphatic rings. The van der Waals surface area contributed by atoms with E-state index in [2.05, 4.69) is 20.6 Å². The molecular formula is C23H24N4O2. The fourth-order valence-electron chi connectivity index (χ4n) is 3.76. The number of benzene rings is 1. The molecule has 1 saturated carbocycles. The van der Waals surface area contributed by atoms with Gasteiger partial charge in [0.2, 0.25) is 0 Å². The van der Waals surface area contributed by atoms with Crippen molar-refractivity contribution in [1.29, 1.82) is 0 Å². The zero-order chi connectivity index (χ0) is 20.1. The van der Waals surface area contributed by atoms with Crippen molar-refractivity contribution in [1.82, 2.24) is 15.3 Å². The van der Waals surface area contributed by atoms with Crippen molar-refractivity contribution in [3.8, 4) is 0 Å². The van der Waals surface area contributed by atoms with Gasteiger partial charge < -0.3 is 10.6 Å². The van der Waals surface area contributed by atoms with Gasteiger partial charge in [-0.1, -0.05) is 49.9 Å². The predicted molar refractivity (Wildman–Crippen MR) is 113 cm³/mol. The Labute approximate surface area is 169 Å². The molecule has 3 aromatic rings. The molecule has 0 radical (unpaired) electrons. The van der Waals surface area contributed by atoms with Crippen LogP contribution in [-0.2, 0) is 0 Å². The summed E-state index contributed by atoms with van der Waals surface area (Å²) in [4.78, 5) is 34.0. The molecule has 0 atom stereocenters. The number of carbonyl (C=O) groups is 2. The number of nitrogens with zero attached hydrogens (tertiary/aromatic N) is 2. The molecule has 0 aliphatic heterocycles. The topological polar surface area (TPSA) is 84.0 Å². The summed E-state index contributed by atoms with van der Waals surface area (Å²) in [5.74, 6) is -0.592. The minimum Gasteiger partial charge on any atom is -0.348 e. The SMILES string of the molecule is O=C(Nc1cccc2cccnc12)c1cccc(C(=O)NC2CCCCCC2)n1. The van der Waals surface area contributed by atoms with Crippen molar-refractivity contribution in [2.24, 2.45) is 0 Å². The second-order valence-electron chi connectivity index (χ2n) is 7.40. The third kappa shape index (κ3) is 4.59. The molecule has 0 spiro atoms. The van der Waals surface area contributed by atoms with E-state index in [-0.39, 0.29) is 29.2 Å². The number of hydrogen-bond acceptors (Lipinski definition) is 4. The summed E-state index contributed by atoms with van der Waals surface area (Å²) in [6.45, 7) is 0. The monoisotopic (exact) mass is 388 g/mol. The van der Waals surface area contributed by atoms with Gasteiger partial charge in [-0.3, -0.25) is 14.6 Å². The fraction of sp³-hybridized carbons (Fsp3) is 0.304. The lowest BCUT2D eigenvalue weighted by Crippen LogP contribution is -2.35. The van der Waals surface area contributed by atoms with Crippen LogP contribution in [0.4, 0.5) is 5.69 Å². The lowest BCUT2D eigenvalue weighted by Gasteiger charge is -2.16. The Morgan fingerprint density at radius 3 is 2.31 bits per heavy atom. The number of amides is 2. The van der Waals surface area contributed by atoms with Crippen LogP contribution < -0.4 is 10.6 Å². The summed E-state index contributed by atoms with van der Waals surface area (Å²) in [5, 5.41) is 6.87. The maximum atomic E-state index is 12.7. The average molecular weight is 388 g/mol. The van der Waals surface area contributed by atoms with Crippen LogP contribution in [0.2, 0.25) is 0 Å². The maximum Gasteiger partial charge on any atom is 0.274 e. The summed E-state index contributed by atoms with van der Waals surface area (Å²) >= 11 is 0. The van der Waals surface area contributed by atoms with Gasteiger partial charge in [-0.25, -0.2) is 4.98 Å². The first-order valence-corrected chi connectivity index (χ1v) is 10.1. The van der Waals surface area contributed by atoms with Crippen LogP contribution in [0.5, 0.6) is 0 Å². The fourth-order valence-corrected chi connectivity index (χ4v) is 3.76. The highest BCUT2D eigenvalue weighted by Crippen LogP contribution is 2.21. The smallest absolute Gasteiger partial charge is 0.274 e. The van der Waals surface area contributed by atoms with E-state index < -0.39 is 0 Å². The third-order valence-electron chi connectivity index (χ3n) is 5.29. The molecule has 2 N–H and O–H groups in total. The molecule has 6 nitrogen and oxygen atoms in total. The number of para-hydroxylation sites is 1. The molecule has 148 valence electrons. The number of fused-ring (bicyclic) bond motifs is 1. The van der Waals surface area contributed by atoms with Crippen molar-refractivity contribution >= 4 is 28.4 Å². The highest BCUT2D eigenvalue weighted by Gasteiger charge is 2.18. The molecule has 0 bridgehead atoms. The molecule has 2 amide bonds. The number of anilines is 1. The summed E-state index contributed by atoms with van der Waals surface area (Å²) in [6.07, 6.45) is 8.42. The Balaban J connectivity index is 1.49. The summed E-state index contributed by atoms with van der Waals surface area (Å²) in [5.41, 5.74) is 1.79. The number of nitrogens with one attached hydrogen (secondary N) is 2. The number of carbonyl (C=O) groups excluding carboxylic acids is 2. The van der Waals surface area contributed by atoms with E-state index in [1.807, 2.05) is 24.3 Å². The molecule has 6 heteroatoms. The van der Waals surface area contributed by atoms with Crippen molar-refractivity contribution in [2.45, 2.75) is 44.6 Å². The molecule has 4 rings (SSSR count). The van der Waals surface area contributed by atoms with Gasteiger partial charge in [0.05, 0.1) is 11.2 Å². The van der Waals surface area contributed by atoms with E-state index in [1.54, 1.807) is 30.5 Å². The zero-order valence-electron chi connectivity index (χ0n) is 16.2. The summed E-state index contributed by atoms with van der Waals surface area (Å²) < 4.78 is 0. The van der Waals surface area contributed by atoms with Crippen LogP contribution in [0.3, 0.4) is 0 Å². The number of pyridine rings is 2. The summed E-state index contributed by atoms with van der Waals surface area (Å²) in [6, 6.07) is 14.5. The van der Waals surface area contributed by atoms with Crippen LogP contribution in [0.25, 0.3) is 10.9 Å². The Kier molecular flexibility index (Phi) is 5.79. The van der Waals surface area contributed by atoms with E-state index in [9.17, 15) is 9.59 Å². The molecular weight excluding hydrogens is 364 g/mol. The van der Waals surface area contributed by atoms with Gasteiger partial charge in [0, 0.05) is 17.6 Å². The first-order valence-electron chi connectivity index (χ1n) is 10.1. The van der Waals surface area contributed by atoms with Crippen LogP contribution in [0.15, 0.2) is 54.7 Å². The van der Waals surface area contributed by atoms with Gasteiger partial charge in [-0.15, -0.1) is 0 Å². The normalized spacial score (nSPS) is 14.9. The van der Waals surface area contributed by atoms with Crippen molar-refractivity contribution < 1.29 is 9.59 Å².